The topological polar surface area (TPSA) is 237 Å². The number of carbonyl (C=O) groups excluding carboxylic acids is 4. The van der Waals surface area contributed by atoms with Crippen molar-refractivity contribution in [1.82, 2.24) is 0 Å². The van der Waals surface area contributed by atoms with Crippen LogP contribution in [0.2, 0.25) is 0 Å². The third-order valence-corrected chi connectivity index (χ3v) is 18.9. The van der Waals surface area contributed by atoms with E-state index in [0.29, 0.717) is 25.7 Å². The Morgan fingerprint density at radius 2 is 0.438 bits per heavy atom. The van der Waals surface area contributed by atoms with Gasteiger partial charge in [-0.2, -0.15) is 0 Å². The van der Waals surface area contributed by atoms with E-state index in [4.69, 9.17) is 37.0 Å². The highest BCUT2D eigenvalue weighted by Gasteiger charge is 2.30. The molecule has 0 saturated carbocycles. The molecule has 19 heteroatoms. The predicted octanol–water partition coefficient (Wildman–Crippen LogP) is 25.7. The zero-order valence-corrected chi connectivity index (χ0v) is 71.3. The van der Waals surface area contributed by atoms with E-state index in [2.05, 4.69) is 222 Å². The second-order valence-electron chi connectivity index (χ2n) is 27.6. The lowest BCUT2D eigenvalue weighted by molar-refractivity contribution is -0.161. The summed E-state index contributed by atoms with van der Waals surface area (Å²) in [7, 11) is -10.0. The third kappa shape index (κ3) is 81.9. The molecule has 5 atom stereocenters. The fraction of sp³-hybridized carbons (Fsp3) is 0.613. The lowest BCUT2D eigenvalue weighted by Gasteiger charge is -2.21. The first-order valence-corrected chi connectivity index (χ1v) is 45.7. The smallest absolute Gasteiger partial charge is 0.462 e. The molecule has 0 aromatic carbocycles. The first-order valence-electron chi connectivity index (χ1n) is 42.7. The molecule has 0 aliphatic heterocycles. The molecule has 0 aliphatic carbocycles. The summed E-state index contributed by atoms with van der Waals surface area (Å²) in [5.41, 5.74) is 0. The van der Waals surface area contributed by atoms with E-state index in [1.165, 1.54) is 0 Å². The van der Waals surface area contributed by atoms with Crippen LogP contribution in [0.15, 0.2) is 194 Å². The molecule has 0 aromatic heterocycles. The van der Waals surface area contributed by atoms with Crippen LogP contribution in [-0.2, 0) is 65.4 Å². The number of esters is 4. The van der Waals surface area contributed by atoms with Gasteiger partial charge >= 0.3 is 39.5 Å². The average molecular weight is 1600 g/mol. The Morgan fingerprint density at radius 1 is 0.250 bits per heavy atom. The number of carbonyl (C=O) groups is 4. The van der Waals surface area contributed by atoms with Gasteiger partial charge in [0.25, 0.3) is 0 Å². The molecular weight excluding hydrogens is 1450 g/mol. The summed E-state index contributed by atoms with van der Waals surface area (Å²) in [5, 5.41) is 10.7. The number of ether oxygens (including phenoxy) is 4. The number of hydrogen-bond donors (Lipinski definition) is 3. The molecule has 0 aromatic rings. The lowest BCUT2D eigenvalue weighted by Crippen LogP contribution is -2.30. The Kier molecular flexibility index (Phi) is 78.4. The van der Waals surface area contributed by atoms with E-state index in [1.807, 2.05) is 0 Å². The quantitative estimate of drug-likeness (QED) is 0.0169. The van der Waals surface area contributed by atoms with Crippen LogP contribution in [0.4, 0.5) is 0 Å². The molecule has 17 nitrogen and oxygen atoms in total. The number of rotatable bonds is 78. The minimum atomic E-state index is -5.01. The monoisotopic (exact) mass is 1600 g/mol. The zero-order valence-electron chi connectivity index (χ0n) is 69.5. The molecule has 0 heterocycles. The van der Waals surface area contributed by atoms with Gasteiger partial charge in [-0.25, -0.2) is 9.13 Å². The van der Waals surface area contributed by atoms with Crippen molar-refractivity contribution in [2.24, 2.45) is 0 Å². The van der Waals surface area contributed by atoms with Gasteiger partial charge in [0, 0.05) is 25.7 Å². The molecule has 0 spiro atoms. The summed E-state index contributed by atoms with van der Waals surface area (Å²) in [4.78, 5) is 73.3. The Labute approximate surface area is 678 Å². The standard InChI is InChI=1S/C93H150O17P2/c1-5-9-13-17-21-25-29-33-37-40-43-46-50-53-57-61-65-69-73-77-90(95)103-83-88(109-92(97)79-75-71-67-63-59-55-49-36-32-28-24-20-16-12-8-4)85-107-111(99,100)105-81-87(94)82-106-112(101,102)108-86-89(110-93(98)80-76-72-68-64-60-56-52-48-45-42-39-35-31-27-23-19-15-11-7-3)84-104-91(96)78-74-70-66-62-58-54-51-47-44-41-38-34-30-26-22-18-14-10-6-2/h9-16,21-28,33-39,43-49,54,58,87-89,94H,5-8,17-20,29-32,40-42,50-53,55-57,59-86H2,1-4H3,(H,99,100)(H,101,102)/b13-9-,14-10-,15-11-,16-12-,25-21-,26-22-,27-23-,28-24-,37-33-,38-34-,39-35-,46-43-,47-44-,48-45-,49-36-,58-54-. The third-order valence-electron chi connectivity index (χ3n) is 17.0. The van der Waals surface area contributed by atoms with E-state index < -0.39 is 97.5 Å². The Hall–Kier alpha value is -6.10. The molecule has 3 N–H and O–H groups in total. The molecule has 0 amide bonds. The fourth-order valence-electron chi connectivity index (χ4n) is 10.7. The highest BCUT2D eigenvalue weighted by atomic mass is 31.2. The largest absolute Gasteiger partial charge is 0.472 e. The summed E-state index contributed by atoms with van der Waals surface area (Å²) in [5.74, 6) is -2.27. The maximum absolute atomic E-state index is 13.2. The molecule has 0 rings (SSSR count). The van der Waals surface area contributed by atoms with Crippen LogP contribution in [0.25, 0.3) is 0 Å². The first-order chi connectivity index (χ1) is 54.7. The summed E-state index contributed by atoms with van der Waals surface area (Å²) in [6, 6.07) is 0. The molecular formula is C93H150O17P2. The minimum absolute atomic E-state index is 0.0628. The maximum atomic E-state index is 13.2. The molecule has 0 radical (unpaired) electrons. The number of hydrogen-bond acceptors (Lipinski definition) is 15. The van der Waals surface area contributed by atoms with Gasteiger partial charge in [-0.1, -0.05) is 299 Å². The van der Waals surface area contributed by atoms with Crippen molar-refractivity contribution >= 4 is 39.5 Å². The van der Waals surface area contributed by atoms with Gasteiger partial charge in [0.2, 0.25) is 0 Å². The summed E-state index contributed by atoms with van der Waals surface area (Å²) < 4.78 is 68.8. The normalized spacial score (nSPS) is 14.7. The van der Waals surface area contributed by atoms with Gasteiger partial charge < -0.3 is 33.8 Å². The number of phosphoric acid groups is 2. The zero-order chi connectivity index (χ0) is 81.7. The fourth-order valence-corrected chi connectivity index (χ4v) is 12.3. The van der Waals surface area contributed by atoms with Crippen molar-refractivity contribution in [2.75, 3.05) is 39.6 Å². The summed E-state index contributed by atoms with van der Waals surface area (Å²) in [6.45, 7) is 4.34. The van der Waals surface area contributed by atoms with Gasteiger partial charge in [-0.05, 0) is 180 Å². The van der Waals surface area contributed by atoms with Gasteiger partial charge in [0.1, 0.15) is 19.3 Å². The van der Waals surface area contributed by atoms with Crippen LogP contribution in [0.3, 0.4) is 0 Å². The van der Waals surface area contributed by atoms with Crippen molar-refractivity contribution < 1.29 is 80.2 Å². The minimum Gasteiger partial charge on any atom is -0.462 e. The maximum Gasteiger partial charge on any atom is 0.472 e. The van der Waals surface area contributed by atoms with Crippen molar-refractivity contribution in [3.05, 3.63) is 194 Å². The SMILES string of the molecule is CC/C=C\C/C=C\C/C=C\C/C=C\C/C=C\CCCCCC(=O)OCC(COP(=O)(O)OCC(O)COP(=O)(O)OCC(COC(=O)CCCCCCCC/C=C\C/C=C\C/C=C\C/C=C\CC)OC(=O)CCCCCCC/C=C\C/C=C\C/C=C\CC)OC(=O)CCCCCCCC/C=C\C/C=C\C/C=C\C/C=C\CC. The van der Waals surface area contributed by atoms with E-state index in [1.54, 1.807) is 0 Å². The van der Waals surface area contributed by atoms with E-state index in [0.717, 1.165) is 231 Å². The molecule has 634 valence electrons. The number of aliphatic hydroxyl groups is 1. The lowest BCUT2D eigenvalue weighted by atomic mass is 10.1. The molecule has 0 saturated heterocycles. The number of allylic oxidation sites excluding steroid dienone is 32. The van der Waals surface area contributed by atoms with Gasteiger partial charge in [0.15, 0.2) is 12.2 Å². The highest BCUT2D eigenvalue weighted by Crippen LogP contribution is 2.45. The van der Waals surface area contributed by atoms with Crippen LogP contribution in [0.5, 0.6) is 0 Å². The van der Waals surface area contributed by atoms with Crippen LogP contribution in [-0.4, -0.2) is 96.7 Å². The molecule has 5 unspecified atom stereocenters. The second-order valence-corrected chi connectivity index (χ2v) is 30.5. The Morgan fingerprint density at radius 3 is 0.679 bits per heavy atom. The highest BCUT2D eigenvalue weighted by molar-refractivity contribution is 7.47. The molecule has 112 heavy (non-hydrogen) atoms. The van der Waals surface area contributed by atoms with E-state index >= 15 is 0 Å². The first kappa shape index (κ1) is 106. The van der Waals surface area contributed by atoms with Gasteiger partial charge in [-0.3, -0.25) is 37.3 Å². The number of aliphatic hydroxyl groups excluding tert-OH is 1. The van der Waals surface area contributed by atoms with E-state index in [9.17, 15) is 43.2 Å². The van der Waals surface area contributed by atoms with Crippen LogP contribution < -0.4 is 0 Å². The van der Waals surface area contributed by atoms with Crippen LogP contribution in [0, 0.1) is 0 Å². The second kappa shape index (κ2) is 82.9. The van der Waals surface area contributed by atoms with Crippen LogP contribution >= 0.6 is 15.6 Å². The van der Waals surface area contributed by atoms with Crippen molar-refractivity contribution in [1.29, 1.82) is 0 Å². The van der Waals surface area contributed by atoms with Crippen LogP contribution in [0.1, 0.15) is 310 Å². The number of phosphoric ester groups is 2. The Balaban J connectivity index is 5.47. The molecule has 0 fully saturated rings. The summed E-state index contributed by atoms with van der Waals surface area (Å²) >= 11 is 0. The summed E-state index contributed by atoms with van der Waals surface area (Å²) in [6.07, 6.45) is 102. The Bertz CT molecular complexity index is 2890. The predicted molar refractivity (Wildman–Crippen MR) is 463 cm³/mol. The molecule has 0 aliphatic rings. The van der Waals surface area contributed by atoms with Gasteiger partial charge in [0.05, 0.1) is 26.4 Å². The van der Waals surface area contributed by atoms with E-state index in [-0.39, 0.29) is 25.7 Å². The molecule has 0 bridgehead atoms. The van der Waals surface area contributed by atoms with Crippen molar-refractivity contribution in [3.63, 3.8) is 0 Å². The van der Waals surface area contributed by atoms with Crippen molar-refractivity contribution in [2.45, 2.75) is 329 Å². The van der Waals surface area contributed by atoms with Gasteiger partial charge in [-0.15, -0.1) is 0 Å². The van der Waals surface area contributed by atoms with Crippen molar-refractivity contribution in [3.8, 4) is 0 Å². The number of unbranched alkanes of at least 4 members (excludes halogenated alkanes) is 20. The average Bonchev–Trinajstić information content (AvgIpc) is 0.898.